The maximum absolute atomic E-state index is 12.4. The second-order valence-electron chi connectivity index (χ2n) is 3.11. The fourth-order valence-electron chi connectivity index (χ4n) is 1.04. The number of aromatic nitrogens is 2. The van der Waals surface area contributed by atoms with Crippen molar-refractivity contribution < 1.29 is 18.3 Å². The van der Waals surface area contributed by atoms with Gasteiger partial charge in [0.25, 0.3) is 0 Å². The van der Waals surface area contributed by atoms with E-state index in [1.54, 1.807) is 0 Å². The van der Waals surface area contributed by atoms with Gasteiger partial charge in [0.1, 0.15) is 5.82 Å². The van der Waals surface area contributed by atoms with Crippen LogP contribution in [0.4, 0.5) is 24.9 Å². The van der Waals surface area contributed by atoms with Crippen molar-refractivity contribution in [3.8, 4) is 0 Å². The summed E-state index contributed by atoms with van der Waals surface area (Å²) in [6.45, 7) is 0.237. The molecule has 9 heteroatoms. The quantitative estimate of drug-likeness (QED) is 0.347. The zero-order valence-electron chi connectivity index (χ0n) is 8.75. The third-order valence-electron chi connectivity index (χ3n) is 1.79. The highest BCUT2D eigenvalue weighted by Crippen LogP contribution is 2.29. The van der Waals surface area contributed by atoms with Crippen LogP contribution >= 0.6 is 0 Å². The molecule has 17 heavy (non-hydrogen) atoms. The standard InChI is InChI=1S/C8H12F3N5O/c9-8(10,11)5-4-6(13-2-1-3-17)15-7(14-5)16-12/h4,17H,1-3,12H2,(H2,13,14,15,16). The number of nitrogens with zero attached hydrogens (tertiary/aromatic N) is 2. The lowest BCUT2D eigenvalue weighted by molar-refractivity contribution is -0.141. The van der Waals surface area contributed by atoms with Crippen LogP contribution in [-0.2, 0) is 6.18 Å². The number of alkyl halides is 3. The van der Waals surface area contributed by atoms with E-state index >= 15 is 0 Å². The predicted molar refractivity (Wildman–Crippen MR) is 55.0 cm³/mol. The molecule has 0 unspecified atom stereocenters. The molecule has 5 N–H and O–H groups in total. The minimum absolute atomic E-state index is 0.00581. The molecule has 0 atom stereocenters. The lowest BCUT2D eigenvalue weighted by atomic mass is 10.3. The monoisotopic (exact) mass is 251 g/mol. The SMILES string of the molecule is NNc1nc(NCCCO)cc(C(F)(F)F)n1. The summed E-state index contributed by atoms with van der Waals surface area (Å²) in [5.74, 6) is 4.64. The van der Waals surface area contributed by atoms with Crippen LogP contribution < -0.4 is 16.6 Å². The first kappa shape index (κ1) is 13.5. The summed E-state index contributed by atoms with van der Waals surface area (Å²) in [5.41, 5.74) is 0.868. The number of hydrogen-bond donors (Lipinski definition) is 4. The summed E-state index contributed by atoms with van der Waals surface area (Å²) >= 11 is 0. The molecule has 1 heterocycles. The van der Waals surface area contributed by atoms with Crippen LogP contribution in [-0.4, -0.2) is 28.2 Å². The fourth-order valence-corrected chi connectivity index (χ4v) is 1.04. The van der Waals surface area contributed by atoms with Gasteiger partial charge in [-0.15, -0.1) is 0 Å². The average molecular weight is 251 g/mol. The number of nitrogens with two attached hydrogens (primary N) is 1. The molecule has 0 radical (unpaired) electrons. The van der Waals surface area contributed by atoms with Crippen molar-refractivity contribution in [3.63, 3.8) is 0 Å². The van der Waals surface area contributed by atoms with Crippen LogP contribution in [0.2, 0.25) is 0 Å². The fraction of sp³-hybridized carbons (Fsp3) is 0.500. The van der Waals surface area contributed by atoms with Gasteiger partial charge in [0.05, 0.1) is 0 Å². The van der Waals surface area contributed by atoms with Gasteiger partial charge in [0, 0.05) is 19.2 Å². The molecule has 0 saturated carbocycles. The van der Waals surface area contributed by atoms with E-state index in [9.17, 15) is 13.2 Å². The number of rotatable bonds is 5. The van der Waals surface area contributed by atoms with Crippen LogP contribution in [0, 0.1) is 0 Å². The van der Waals surface area contributed by atoms with E-state index in [4.69, 9.17) is 10.9 Å². The Labute approximate surface area is 95.0 Å². The van der Waals surface area contributed by atoms with E-state index in [1.807, 2.05) is 5.43 Å². The Kier molecular flexibility index (Phi) is 4.46. The second kappa shape index (κ2) is 5.64. The minimum atomic E-state index is -4.57. The Morgan fingerprint density at radius 2 is 2.06 bits per heavy atom. The lowest BCUT2D eigenvalue weighted by Gasteiger charge is -2.10. The van der Waals surface area contributed by atoms with Crippen molar-refractivity contribution in [2.24, 2.45) is 5.84 Å². The van der Waals surface area contributed by atoms with Crippen molar-refractivity contribution in [1.29, 1.82) is 0 Å². The first-order valence-corrected chi connectivity index (χ1v) is 4.75. The molecule has 1 rings (SSSR count). The molecule has 0 aliphatic carbocycles. The summed E-state index contributed by atoms with van der Waals surface area (Å²) < 4.78 is 37.3. The summed E-state index contributed by atoms with van der Waals surface area (Å²) in [5, 5.41) is 11.2. The van der Waals surface area contributed by atoms with Gasteiger partial charge in [0.2, 0.25) is 5.95 Å². The Morgan fingerprint density at radius 1 is 1.35 bits per heavy atom. The molecular formula is C8H12F3N5O. The Hall–Kier alpha value is -1.61. The molecule has 0 bridgehead atoms. The van der Waals surface area contributed by atoms with Crippen LogP contribution in [0.3, 0.4) is 0 Å². The van der Waals surface area contributed by atoms with Crippen molar-refractivity contribution in [2.45, 2.75) is 12.6 Å². The number of nitrogen functional groups attached to an aromatic ring is 1. The van der Waals surface area contributed by atoms with Gasteiger partial charge in [-0.05, 0) is 6.42 Å². The predicted octanol–water partition coefficient (Wildman–Crippen LogP) is 0.575. The third-order valence-corrected chi connectivity index (χ3v) is 1.79. The highest BCUT2D eigenvalue weighted by Gasteiger charge is 2.33. The zero-order chi connectivity index (χ0) is 12.9. The topological polar surface area (TPSA) is 96.1 Å². The zero-order valence-corrected chi connectivity index (χ0v) is 8.75. The van der Waals surface area contributed by atoms with E-state index in [0.29, 0.717) is 13.0 Å². The highest BCUT2D eigenvalue weighted by atomic mass is 19.4. The van der Waals surface area contributed by atoms with Crippen molar-refractivity contribution in [1.82, 2.24) is 9.97 Å². The van der Waals surface area contributed by atoms with Crippen LogP contribution in [0.5, 0.6) is 0 Å². The number of hydrazine groups is 1. The number of aliphatic hydroxyl groups excluding tert-OH is 1. The number of halogens is 3. The minimum Gasteiger partial charge on any atom is -0.396 e. The lowest BCUT2D eigenvalue weighted by Crippen LogP contribution is -2.17. The molecular weight excluding hydrogens is 239 g/mol. The van der Waals surface area contributed by atoms with Crippen LogP contribution in [0.1, 0.15) is 12.1 Å². The molecule has 0 aliphatic heterocycles. The molecule has 0 saturated heterocycles. The maximum atomic E-state index is 12.4. The van der Waals surface area contributed by atoms with Gasteiger partial charge in [-0.3, -0.25) is 5.43 Å². The molecule has 6 nitrogen and oxygen atoms in total. The third kappa shape index (κ3) is 4.04. The Bertz CT molecular complexity index is 371. The van der Waals surface area contributed by atoms with Gasteiger partial charge in [0.15, 0.2) is 5.69 Å². The number of hydrogen-bond acceptors (Lipinski definition) is 6. The average Bonchev–Trinajstić information content (AvgIpc) is 2.28. The number of aliphatic hydroxyl groups is 1. The van der Waals surface area contributed by atoms with Crippen LogP contribution in [0.15, 0.2) is 6.07 Å². The molecule has 0 aliphatic rings. The van der Waals surface area contributed by atoms with Crippen molar-refractivity contribution >= 4 is 11.8 Å². The van der Waals surface area contributed by atoms with Gasteiger partial charge < -0.3 is 10.4 Å². The van der Waals surface area contributed by atoms with Crippen LogP contribution in [0.25, 0.3) is 0 Å². The van der Waals surface area contributed by atoms with E-state index in [-0.39, 0.29) is 18.4 Å². The summed E-state index contributed by atoms with van der Waals surface area (Å²) in [6, 6.07) is 0.776. The van der Waals surface area contributed by atoms with Crippen molar-refractivity contribution in [2.75, 3.05) is 23.9 Å². The molecule has 1 aromatic heterocycles. The van der Waals surface area contributed by atoms with E-state index in [2.05, 4.69) is 15.3 Å². The highest BCUT2D eigenvalue weighted by molar-refractivity contribution is 5.42. The number of anilines is 2. The van der Waals surface area contributed by atoms with Gasteiger partial charge in [-0.25, -0.2) is 10.8 Å². The van der Waals surface area contributed by atoms with E-state index in [1.165, 1.54) is 0 Å². The van der Waals surface area contributed by atoms with Gasteiger partial charge in [-0.1, -0.05) is 0 Å². The van der Waals surface area contributed by atoms with E-state index in [0.717, 1.165) is 6.07 Å². The summed E-state index contributed by atoms with van der Waals surface area (Å²) in [7, 11) is 0. The molecule has 0 amide bonds. The molecule has 96 valence electrons. The Morgan fingerprint density at radius 3 is 2.59 bits per heavy atom. The summed E-state index contributed by atoms with van der Waals surface area (Å²) in [6.07, 6.45) is -4.17. The number of nitrogens with one attached hydrogen (secondary N) is 2. The van der Waals surface area contributed by atoms with Gasteiger partial charge >= 0.3 is 6.18 Å². The molecule has 0 spiro atoms. The maximum Gasteiger partial charge on any atom is 0.433 e. The normalized spacial score (nSPS) is 11.4. The molecule has 0 aromatic carbocycles. The first-order chi connectivity index (χ1) is 7.97. The Balaban J connectivity index is 2.89. The largest absolute Gasteiger partial charge is 0.433 e. The first-order valence-electron chi connectivity index (χ1n) is 4.75. The smallest absolute Gasteiger partial charge is 0.396 e. The molecule has 1 aromatic rings. The van der Waals surface area contributed by atoms with E-state index < -0.39 is 11.9 Å². The molecule has 0 fully saturated rings. The van der Waals surface area contributed by atoms with Gasteiger partial charge in [-0.2, -0.15) is 18.2 Å². The van der Waals surface area contributed by atoms with Crippen molar-refractivity contribution in [3.05, 3.63) is 11.8 Å². The second-order valence-corrected chi connectivity index (χ2v) is 3.11. The summed E-state index contributed by atoms with van der Waals surface area (Å²) in [4.78, 5) is 6.89.